The number of phosphoric acid groups is 2. The Morgan fingerprint density at radius 3 is 2.55 bits per heavy atom. The summed E-state index contributed by atoms with van der Waals surface area (Å²) in [6.45, 7) is 0.661. The van der Waals surface area contributed by atoms with Crippen LogP contribution in [0.4, 0.5) is 5.82 Å². The molecule has 22 heteroatoms. The highest BCUT2D eigenvalue weighted by molar-refractivity contribution is 7.46. The van der Waals surface area contributed by atoms with E-state index in [2.05, 4.69) is 24.5 Å². The molecule has 0 radical (unpaired) electrons. The third kappa shape index (κ3) is 6.24. The molecule has 8 N–H and O–H groups in total. The first-order valence-electron chi connectivity index (χ1n) is 12.3. The van der Waals surface area contributed by atoms with Gasteiger partial charge in [-0.05, 0) is 19.8 Å². The molecule has 5 rings (SSSR count). The van der Waals surface area contributed by atoms with Crippen LogP contribution < -0.4 is 17.0 Å². The quantitative estimate of drug-likeness (QED) is 0.130. The lowest BCUT2D eigenvalue weighted by Crippen LogP contribution is -2.44. The molecule has 0 bridgehead atoms. The van der Waals surface area contributed by atoms with Crippen LogP contribution >= 0.6 is 15.6 Å². The molecule has 2 aliphatic rings. The fourth-order valence-corrected chi connectivity index (χ4v) is 6.11. The maximum Gasteiger partial charge on any atom is 0.469 e. The third-order valence-corrected chi connectivity index (χ3v) is 7.98. The number of hydrogen-bond acceptors (Lipinski definition) is 13. The van der Waals surface area contributed by atoms with Crippen molar-refractivity contribution < 1.29 is 52.3 Å². The Bertz CT molecular complexity index is 1680. The normalized spacial score (nSPS) is 27.6. The van der Waals surface area contributed by atoms with Gasteiger partial charge in [0, 0.05) is 11.8 Å². The summed E-state index contributed by atoms with van der Waals surface area (Å²) in [5, 5.41) is 11.3. The summed E-state index contributed by atoms with van der Waals surface area (Å²) < 4.78 is 47.5. The van der Waals surface area contributed by atoms with Crippen LogP contribution in [0.5, 0.6) is 0 Å². The van der Waals surface area contributed by atoms with Crippen molar-refractivity contribution in [1.82, 2.24) is 29.1 Å². The average Bonchev–Trinajstić information content (AvgIpc) is 3.61. The number of fused-ring (bicyclic) bond motifs is 1. The van der Waals surface area contributed by atoms with Crippen LogP contribution in [0.2, 0.25) is 0 Å². The molecule has 0 saturated carbocycles. The maximum absolute atomic E-state index is 12.4. The molecule has 3 aromatic rings. The lowest BCUT2D eigenvalue weighted by atomic mass is 9.89. The monoisotopic (exact) mass is 635 g/mol. The van der Waals surface area contributed by atoms with Gasteiger partial charge < -0.3 is 39.9 Å². The Labute approximate surface area is 234 Å². The van der Waals surface area contributed by atoms with Crippen LogP contribution in [0.1, 0.15) is 30.9 Å². The number of H-pyrrole nitrogens is 1. The number of hydrogen-bond donors (Lipinski definition) is 7. The van der Waals surface area contributed by atoms with Crippen molar-refractivity contribution in [2.24, 2.45) is 5.92 Å². The van der Waals surface area contributed by atoms with Crippen molar-refractivity contribution >= 4 is 32.6 Å². The van der Waals surface area contributed by atoms with Crippen molar-refractivity contribution in [3.05, 3.63) is 45.3 Å². The van der Waals surface area contributed by atoms with Gasteiger partial charge in [0.05, 0.1) is 31.1 Å². The molecule has 7 atom stereocenters. The van der Waals surface area contributed by atoms with E-state index in [9.17, 15) is 43.4 Å². The number of aryl methyl sites for hydroxylation is 1. The van der Waals surface area contributed by atoms with E-state index in [1.807, 2.05) is 0 Å². The van der Waals surface area contributed by atoms with Crippen molar-refractivity contribution in [1.29, 1.82) is 0 Å². The number of nitrogens with one attached hydrogen (secondary N) is 1. The Morgan fingerprint density at radius 2 is 1.86 bits per heavy atom. The Kier molecular flexibility index (Phi) is 8.25. The first-order chi connectivity index (χ1) is 19.6. The third-order valence-electron chi connectivity index (χ3n) is 6.98. The molecule has 2 fully saturated rings. The van der Waals surface area contributed by atoms with Gasteiger partial charge in [0.2, 0.25) is 0 Å². The van der Waals surface area contributed by atoms with Crippen molar-refractivity contribution in [2.45, 2.75) is 56.6 Å². The van der Waals surface area contributed by atoms with E-state index in [-0.39, 0.29) is 35.4 Å². The second-order valence-electron chi connectivity index (χ2n) is 9.75. The molecular formula is C20H27N7O13P2. The first kappa shape index (κ1) is 30.6. The van der Waals surface area contributed by atoms with E-state index in [1.54, 1.807) is 0 Å². The zero-order valence-corrected chi connectivity index (χ0v) is 23.4. The van der Waals surface area contributed by atoms with E-state index < -0.39 is 76.3 Å². The fourth-order valence-electron chi connectivity index (χ4n) is 5.17. The number of aromatic nitrogens is 6. The Morgan fingerprint density at radius 1 is 1.12 bits per heavy atom. The minimum absolute atomic E-state index is 0.00171. The summed E-state index contributed by atoms with van der Waals surface area (Å²) in [6.07, 6.45) is -4.42. The molecule has 0 aromatic carbocycles. The minimum atomic E-state index is -5.28. The number of imidazole rings is 1. The zero-order chi connectivity index (χ0) is 30.6. The number of anilines is 1. The lowest BCUT2D eigenvalue weighted by Gasteiger charge is -2.33. The van der Waals surface area contributed by atoms with Crippen LogP contribution in [0.15, 0.2) is 28.4 Å². The van der Waals surface area contributed by atoms with Gasteiger partial charge in [-0.25, -0.2) is 28.9 Å². The van der Waals surface area contributed by atoms with Gasteiger partial charge in [0.15, 0.2) is 11.5 Å². The summed E-state index contributed by atoms with van der Waals surface area (Å²) in [7, 11) is -10.3. The SMILES string of the molecule is Cc1cn([C@H]2CC[C@@H]([C@@H](OP(=O)(O)O)[C@@H]3[C@H](O)[C@@H](COP(=O)(O)O)O[C@H]3n3cnc4c(N)ncnc43)O2)c(=O)[nH]c1=O. The number of ether oxygens (including phenoxy) is 2. The van der Waals surface area contributed by atoms with E-state index in [0.717, 1.165) is 10.9 Å². The molecule has 5 heterocycles. The predicted octanol–water partition coefficient (Wildman–Crippen LogP) is -1.59. The Hall–Kier alpha value is -2.87. The highest BCUT2D eigenvalue weighted by atomic mass is 31.2. The van der Waals surface area contributed by atoms with Gasteiger partial charge in [-0.2, -0.15) is 0 Å². The number of aliphatic hydroxyl groups excluding tert-OH is 1. The molecular weight excluding hydrogens is 608 g/mol. The van der Waals surface area contributed by atoms with Crippen LogP contribution in [-0.2, 0) is 27.7 Å². The largest absolute Gasteiger partial charge is 0.469 e. The molecule has 2 saturated heterocycles. The molecule has 3 aromatic heterocycles. The fraction of sp³-hybridized carbons (Fsp3) is 0.550. The summed E-state index contributed by atoms with van der Waals surface area (Å²) in [6, 6.07) is 0. The summed E-state index contributed by atoms with van der Waals surface area (Å²) in [5.74, 6) is -1.39. The number of phosphoric ester groups is 2. The zero-order valence-electron chi connectivity index (χ0n) is 21.6. The van der Waals surface area contributed by atoms with Gasteiger partial charge in [0.25, 0.3) is 5.56 Å². The van der Waals surface area contributed by atoms with E-state index in [1.165, 1.54) is 24.0 Å². The molecule has 2 aliphatic heterocycles. The number of nitrogens with zero attached hydrogens (tertiary/aromatic N) is 5. The van der Waals surface area contributed by atoms with Gasteiger partial charge in [-0.15, -0.1) is 0 Å². The molecule has 42 heavy (non-hydrogen) atoms. The Balaban J connectivity index is 1.54. The average molecular weight is 635 g/mol. The second kappa shape index (κ2) is 11.3. The van der Waals surface area contributed by atoms with Crippen molar-refractivity contribution in [2.75, 3.05) is 12.3 Å². The summed E-state index contributed by atoms with van der Waals surface area (Å²) in [5.41, 5.74) is 4.97. The van der Waals surface area contributed by atoms with Crippen LogP contribution in [0.25, 0.3) is 11.2 Å². The molecule has 230 valence electrons. The molecule has 0 amide bonds. The van der Waals surface area contributed by atoms with Gasteiger partial charge in [-0.1, -0.05) is 0 Å². The lowest BCUT2D eigenvalue weighted by molar-refractivity contribution is -0.106. The maximum atomic E-state index is 12.4. The second-order valence-corrected chi connectivity index (χ2v) is 12.2. The standard InChI is InChI=1S/C20H27N7O13P2/c1-8-4-26(20(30)25-18(8)29)11-3-2-9(38-11)15(40-42(34,35)36)12-14(28)10(5-37-41(31,32)33)39-19(12)27-7-24-13-16(21)22-6-23-17(13)27/h4,6-7,9-12,14-15,19,28H,2-3,5H2,1H3,(H2,21,22,23)(H,25,29,30)(H2,31,32,33)(H2,34,35,36)/t9-,10+,11+,12-,14+,15+,19+/m0/s1. The highest BCUT2D eigenvalue weighted by Crippen LogP contribution is 2.50. The molecule has 0 spiro atoms. The van der Waals surface area contributed by atoms with Crippen molar-refractivity contribution in [3.8, 4) is 0 Å². The van der Waals surface area contributed by atoms with E-state index in [4.69, 9.17) is 19.7 Å². The number of nitrogens with two attached hydrogens (primary N) is 1. The number of aliphatic hydroxyl groups is 1. The predicted molar refractivity (Wildman–Crippen MR) is 137 cm³/mol. The summed E-state index contributed by atoms with van der Waals surface area (Å²) >= 11 is 0. The highest BCUT2D eigenvalue weighted by Gasteiger charge is 2.54. The minimum Gasteiger partial charge on any atom is -0.390 e. The first-order valence-corrected chi connectivity index (χ1v) is 15.4. The van der Waals surface area contributed by atoms with Crippen LogP contribution in [0.3, 0.4) is 0 Å². The smallest absolute Gasteiger partial charge is 0.390 e. The molecule has 0 unspecified atom stereocenters. The van der Waals surface area contributed by atoms with Crippen LogP contribution in [-0.4, -0.2) is 84.8 Å². The van der Waals surface area contributed by atoms with E-state index in [0.29, 0.717) is 0 Å². The van der Waals surface area contributed by atoms with Gasteiger partial charge >= 0.3 is 21.3 Å². The molecule has 0 aliphatic carbocycles. The number of rotatable bonds is 9. The number of nitrogen functional groups attached to an aromatic ring is 1. The summed E-state index contributed by atoms with van der Waals surface area (Å²) in [4.78, 5) is 76.6. The topological polar surface area (TPSA) is 297 Å². The van der Waals surface area contributed by atoms with Crippen LogP contribution in [0, 0.1) is 12.8 Å². The van der Waals surface area contributed by atoms with E-state index >= 15 is 0 Å². The van der Waals surface area contributed by atoms with Crippen molar-refractivity contribution in [3.63, 3.8) is 0 Å². The van der Waals surface area contributed by atoms with Gasteiger partial charge in [0.1, 0.15) is 36.5 Å². The molecule has 20 nitrogen and oxygen atoms in total. The number of aromatic amines is 1. The van der Waals surface area contributed by atoms with Gasteiger partial charge in [-0.3, -0.25) is 28.0 Å².